The van der Waals surface area contributed by atoms with Crippen LogP contribution in [0, 0.1) is 12.7 Å². The zero-order valence-corrected chi connectivity index (χ0v) is 16.8. The molecule has 0 aromatic heterocycles. The number of aryl methyl sites for hydroxylation is 1. The van der Waals surface area contributed by atoms with E-state index in [4.69, 9.17) is 0 Å². The molecule has 27 heavy (non-hydrogen) atoms. The molecule has 5 nitrogen and oxygen atoms in total. The molecule has 0 saturated carbocycles. The Bertz CT molecular complexity index is 927. The van der Waals surface area contributed by atoms with Crippen molar-refractivity contribution in [3.63, 3.8) is 0 Å². The van der Waals surface area contributed by atoms with E-state index in [1.54, 1.807) is 0 Å². The first kappa shape index (κ1) is 20.9. The first-order chi connectivity index (χ1) is 12.6. The number of nitrogens with one attached hydrogen (secondary N) is 1. The van der Waals surface area contributed by atoms with Crippen LogP contribution in [0.4, 0.5) is 15.8 Å². The lowest BCUT2D eigenvalue weighted by Crippen LogP contribution is -2.33. The van der Waals surface area contributed by atoms with Gasteiger partial charge in [-0.15, -0.1) is 0 Å². The number of halogens is 1. The molecule has 146 valence electrons. The highest BCUT2D eigenvalue weighted by atomic mass is 32.2. The summed E-state index contributed by atoms with van der Waals surface area (Å²) in [5.74, 6) is -0.594. The minimum absolute atomic E-state index is 0.0462. The monoisotopic (exact) mass is 392 g/mol. The van der Waals surface area contributed by atoms with Crippen LogP contribution < -0.4 is 9.62 Å². The molecule has 0 saturated heterocycles. The summed E-state index contributed by atoms with van der Waals surface area (Å²) >= 11 is 0. The molecule has 0 radical (unpaired) electrons. The maximum Gasteiger partial charge on any atom is 0.232 e. The topological polar surface area (TPSA) is 66.5 Å². The molecule has 2 aromatic carbocycles. The van der Waals surface area contributed by atoms with Crippen molar-refractivity contribution < 1.29 is 17.6 Å². The van der Waals surface area contributed by atoms with E-state index in [0.717, 1.165) is 33.4 Å². The Balaban J connectivity index is 2.16. The number of rotatable bonds is 7. The van der Waals surface area contributed by atoms with Crippen LogP contribution in [-0.4, -0.2) is 27.1 Å². The van der Waals surface area contributed by atoms with Crippen molar-refractivity contribution in [3.8, 4) is 0 Å². The van der Waals surface area contributed by atoms with Gasteiger partial charge in [0.25, 0.3) is 0 Å². The van der Waals surface area contributed by atoms with E-state index in [2.05, 4.69) is 5.32 Å². The molecule has 1 amide bonds. The zero-order valence-electron chi connectivity index (χ0n) is 16.0. The van der Waals surface area contributed by atoms with Gasteiger partial charge in [0.05, 0.1) is 11.9 Å². The second kappa shape index (κ2) is 8.52. The Labute approximate surface area is 160 Å². The molecular formula is C20H25FN2O3S. The lowest BCUT2D eigenvalue weighted by atomic mass is 9.98. The fourth-order valence-corrected chi connectivity index (χ4v) is 3.78. The maximum atomic E-state index is 13.5. The molecular weight excluding hydrogens is 367 g/mol. The van der Waals surface area contributed by atoms with Crippen LogP contribution in [0.25, 0.3) is 0 Å². The average Bonchev–Trinajstić information content (AvgIpc) is 2.55. The minimum atomic E-state index is -3.65. The number of amides is 1. The number of sulfonamides is 1. The van der Waals surface area contributed by atoms with Crippen molar-refractivity contribution in [2.24, 2.45) is 0 Å². The maximum absolute atomic E-state index is 13.5. The summed E-state index contributed by atoms with van der Waals surface area (Å²) in [6, 6.07) is 11.1. The first-order valence-corrected chi connectivity index (χ1v) is 10.6. The van der Waals surface area contributed by atoms with Gasteiger partial charge < -0.3 is 5.32 Å². The normalized spacial score (nSPS) is 11.5. The number of hydrogen-bond acceptors (Lipinski definition) is 3. The van der Waals surface area contributed by atoms with E-state index in [0.29, 0.717) is 0 Å². The van der Waals surface area contributed by atoms with Gasteiger partial charge in [-0.2, -0.15) is 0 Å². The van der Waals surface area contributed by atoms with Crippen LogP contribution in [0.15, 0.2) is 42.5 Å². The second-order valence-electron chi connectivity index (χ2n) is 6.81. The number of hydrogen-bond donors (Lipinski definition) is 1. The summed E-state index contributed by atoms with van der Waals surface area (Å²) < 4.78 is 38.7. The molecule has 2 rings (SSSR count). The van der Waals surface area contributed by atoms with E-state index in [9.17, 15) is 17.6 Å². The molecule has 1 N–H and O–H groups in total. The van der Waals surface area contributed by atoms with Gasteiger partial charge in [0, 0.05) is 18.7 Å². The summed E-state index contributed by atoms with van der Waals surface area (Å²) in [5.41, 5.74) is 2.92. The molecule has 0 aliphatic carbocycles. The Morgan fingerprint density at radius 3 is 2.44 bits per heavy atom. The van der Waals surface area contributed by atoms with Crippen LogP contribution in [-0.2, 0) is 14.8 Å². The summed E-state index contributed by atoms with van der Waals surface area (Å²) in [5, 5.41) is 2.90. The Morgan fingerprint density at radius 1 is 1.19 bits per heavy atom. The Kier molecular flexibility index (Phi) is 6.59. The standard InChI is InChI=1S/C20H25FN2O3S/c1-14(2)18-10-5-7-15(3)20(18)22-19(24)11-12-23(27(4,25)26)17-9-6-8-16(21)13-17/h5-10,13-14H,11-12H2,1-4H3,(H,22,24). The quantitative estimate of drug-likeness (QED) is 0.773. The number of benzene rings is 2. The van der Waals surface area contributed by atoms with Gasteiger partial charge in [-0.25, -0.2) is 12.8 Å². The lowest BCUT2D eigenvalue weighted by Gasteiger charge is -2.22. The molecule has 0 spiro atoms. The average molecular weight is 392 g/mol. The van der Waals surface area contributed by atoms with Crippen molar-refractivity contribution in [1.82, 2.24) is 0 Å². The Morgan fingerprint density at radius 2 is 1.85 bits per heavy atom. The zero-order chi connectivity index (χ0) is 20.2. The third kappa shape index (κ3) is 5.53. The van der Waals surface area contributed by atoms with Crippen LogP contribution in [0.2, 0.25) is 0 Å². The van der Waals surface area contributed by atoms with Gasteiger partial charge in [0.2, 0.25) is 15.9 Å². The second-order valence-corrected chi connectivity index (χ2v) is 8.71. The summed E-state index contributed by atoms with van der Waals surface area (Å²) in [7, 11) is -3.65. The molecule has 0 atom stereocenters. The SMILES string of the molecule is Cc1cccc(C(C)C)c1NC(=O)CCN(c1cccc(F)c1)S(C)(=O)=O. The molecule has 0 unspecified atom stereocenters. The molecule has 0 aliphatic rings. The fraction of sp³-hybridized carbons (Fsp3) is 0.350. The molecule has 0 aliphatic heterocycles. The van der Waals surface area contributed by atoms with Crippen LogP contribution in [0.3, 0.4) is 0 Å². The minimum Gasteiger partial charge on any atom is -0.326 e. The van der Waals surface area contributed by atoms with E-state index in [-0.39, 0.29) is 30.5 Å². The van der Waals surface area contributed by atoms with Crippen molar-refractivity contribution in [2.75, 3.05) is 22.4 Å². The van der Waals surface area contributed by atoms with Crippen molar-refractivity contribution in [1.29, 1.82) is 0 Å². The predicted molar refractivity (Wildman–Crippen MR) is 107 cm³/mol. The van der Waals surface area contributed by atoms with Gasteiger partial charge in [-0.1, -0.05) is 38.1 Å². The van der Waals surface area contributed by atoms with Gasteiger partial charge in [0.15, 0.2) is 0 Å². The molecule has 0 heterocycles. The van der Waals surface area contributed by atoms with E-state index in [1.165, 1.54) is 18.2 Å². The third-order valence-electron chi connectivity index (χ3n) is 4.23. The van der Waals surface area contributed by atoms with Gasteiger partial charge >= 0.3 is 0 Å². The molecule has 2 aromatic rings. The van der Waals surface area contributed by atoms with Gasteiger partial charge in [-0.3, -0.25) is 9.10 Å². The summed E-state index contributed by atoms with van der Waals surface area (Å²) in [6.45, 7) is 5.92. The number of carbonyl (C=O) groups excluding carboxylic acids is 1. The summed E-state index contributed by atoms with van der Waals surface area (Å²) in [4.78, 5) is 12.5. The van der Waals surface area contributed by atoms with Gasteiger partial charge in [-0.05, 0) is 42.2 Å². The van der Waals surface area contributed by atoms with E-state index >= 15 is 0 Å². The van der Waals surface area contributed by atoms with E-state index in [1.807, 2.05) is 39.0 Å². The number of nitrogens with zero attached hydrogens (tertiary/aromatic N) is 1. The van der Waals surface area contributed by atoms with Crippen molar-refractivity contribution in [2.45, 2.75) is 33.1 Å². The highest BCUT2D eigenvalue weighted by Crippen LogP contribution is 2.27. The lowest BCUT2D eigenvalue weighted by molar-refractivity contribution is -0.116. The smallest absolute Gasteiger partial charge is 0.232 e. The first-order valence-electron chi connectivity index (χ1n) is 8.72. The van der Waals surface area contributed by atoms with Gasteiger partial charge in [0.1, 0.15) is 5.82 Å². The van der Waals surface area contributed by atoms with Crippen molar-refractivity contribution >= 4 is 27.3 Å². The number of carbonyl (C=O) groups is 1. The highest BCUT2D eigenvalue weighted by Gasteiger charge is 2.20. The van der Waals surface area contributed by atoms with Crippen molar-refractivity contribution in [3.05, 3.63) is 59.4 Å². The number of para-hydroxylation sites is 1. The molecule has 0 bridgehead atoms. The van der Waals surface area contributed by atoms with Crippen LogP contribution >= 0.6 is 0 Å². The predicted octanol–water partition coefficient (Wildman–Crippen LogP) is 4.05. The largest absolute Gasteiger partial charge is 0.326 e. The molecule has 7 heteroatoms. The third-order valence-corrected chi connectivity index (χ3v) is 5.42. The van der Waals surface area contributed by atoms with E-state index < -0.39 is 15.8 Å². The summed E-state index contributed by atoms with van der Waals surface area (Å²) in [6.07, 6.45) is 0.990. The fourth-order valence-electron chi connectivity index (χ4n) is 2.86. The number of anilines is 2. The van der Waals surface area contributed by atoms with Crippen LogP contribution in [0.1, 0.15) is 37.3 Å². The highest BCUT2D eigenvalue weighted by molar-refractivity contribution is 7.92. The Hall–Kier alpha value is -2.41. The van der Waals surface area contributed by atoms with Crippen LogP contribution in [0.5, 0.6) is 0 Å². The molecule has 0 fully saturated rings.